The number of para-hydroxylation sites is 1. The van der Waals surface area contributed by atoms with Gasteiger partial charge in [0.15, 0.2) is 0 Å². The van der Waals surface area contributed by atoms with E-state index in [1.165, 1.54) is 26.9 Å². The molecule has 1 amide bonds. The first kappa shape index (κ1) is 25.1. The second-order valence-electron chi connectivity index (χ2n) is 9.11. The molecule has 0 saturated heterocycles. The van der Waals surface area contributed by atoms with Gasteiger partial charge < -0.3 is 5.32 Å². The summed E-state index contributed by atoms with van der Waals surface area (Å²) < 4.78 is 28.1. The fraction of sp³-hybridized carbons (Fsp3) is 0.333. The highest BCUT2D eigenvalue weighted by molar-refractivity contribution is 7.89. The van der Waals surface area contributed by atoms with Crippen LogP contribution in [0, 0.1) is 5.92 Å². The molecule has 36 heavy (non-hydrogen) atoms. The van der Waals surface area contributed by atoms with Crippen molar-refractivity contribution in [3.8, 4) is 10.6 Å². The summed E-state index contributed by atoms with van der Waals surface area (Å²) in [6.07, 6.45) is 3.11. The van der Waals surface area contributed by atoms with E-state index >= 15 is 0 Å². The van der Waals surface area contributed by atoms with Gasteiger partial charge in [-0.3, -0.25) is 4.79 Å². The third kappa shape index (κ3) is 4.61. The van der Waals surface area contributed by atoms with Crippen LogP contribution in [-0.4, -0.2) is 36.7 Å². The number of hydrogen-bond donors (Lipinski definition) is 1. The summed E-state index contributed by atoms with van der Waals surface area (Å²) in [5.41, 5.74) is 3.72. The molecule has 0 saturated carbocycles. The maximum atomic E-state index is 13.3. The summed E-state index contributed by atoms with van der Waals surface area (Å²) in [5, 5.41) is 4.88. The Morgan fingerprint density at radius 2 is 1.81 bits per heavy atom. The summed E-state index contributed by atoms with van der Waals surface area (Å²) >= 11 is 3.29. The Labute approximate surface area is 220 Å². The van der Waals surface area contributed by atoms with Crippen molar-refractivity contribution in [2.45, 2.75) is 44.9 Å². The molecule has 4 aromatic rings. The van der Waals surface area contributed by atoms with Crippen LogP contribution in [0.1, 0.15) is 48.0 Å². The van der Waals surface area contributed by atoms with Crippen molar-refractivity contribution in [3.05, 3.63) is 64.5 Å². The van der Waals surface area contributed by atoms with E-state index in [9.17, 15) is 13.2 Å². The highest BCUT2D eigenvalue weighted by Crippen LogP contribution is 2.47. The van der Waals surface area contributed by atoms with Gasteiger partial charge in [-0.2, -0.15) is 4.31 Å². The monoisotopic (exact) mass is 539 g/mol. The van der Waals surface area contributed by atoms with Gasteiger partial charge in [-0.05, 0) is 67.1 Å². The van der Waals surface area contributed by atoms with Crippen molar-refractivity contribution in [2.75, 3.05) is 18.4 Å². The molecule has 2 aromatic heterocycles. The minimum atomic E-state index is -3.57. The summed E-state index contributed by atoms with van der Waals surface area (Å²) in [4.78, 5) is 19.7. The molecule has 5 rings (SSSR count). The van der Waals surface area contributed by atoms with E-state index in [-0.39, 0.29) is 10.8 Å². The lowest BCUT2D eigenvalue weighted by Gasteiger charge is -2.18. The molecular formula is C27H29N3O3S3. The van der Waals surface area contributed by atoms with Gasteiger partial charge in [-0.25, -0.2) is 13.4 Å². The predicted octanol–water partition coefficient (Wildman–Crippen LogP) is 6.43. The quantitative estimate of drug-likeness (QED) is 0.293. The lowest BCUT2D eigenvalue weighted by Crippen LogP contribution is -2.30. The number of rotatable bonds is 7. The normalized spacial score (nSPS) is 15.8. The van der Waals surface area contributed by atoms with Crippen LogP contribution in [0.25, 0.3) is 20.8 Å². The number of anilines is 1. The number of amides is 1. The van der Waals surface area contributed by atoms with Gasteiger partial charge in [0.25, 0.3) is 5.91 Å². The maximum Gasteiger partial charge on any atom is 0.256 e. The molecule has 2 aromatic carbocycles. The van der Waals surface area contributed by atoms with E-state index < -0.39 is 10.0 Å². The van der Waals surface area contributed by atoms with E-state index in [1.807, 2.05) is 32.0 Å². The number of nitrogens with one attached hydrogen (secondary N) is 1. The molecule has 188 valence electrons. The van der Waals surface area contributed by atoms with Crippen LogP contribution in [0.15, 0.2) is 53.4 Å². The minimum absolute atomic E-state index is 0.193. The molecule has 6 nitrogen and oxygen atoms in total. The molecule has 0 spiro atoms. The summed E-state index contributed by atoms with van der Waals surface area (Å²) in [5.74, 6) is 0.360. The Hall–Kier alpha value is -2.59. The minimum Gasteiger partial charge on any atom is -0.313 e. The number of hydrogen-bond acceptors (Lipinski definition) is 6. The summed E-state index contributed by atoms with van der Waals surface area (Å²) in [6, 6.07) is 14.3. The molecule has 1 aliphatic carbocycles. The van der Waals surface area contributed by atoms with Crippen LogP contribution < -0.4 is 5.32 Å². The van der Waals surface area contributed by atoms with Gasteiger partial charge in [0.2, 0.25) is 10.0 Å². The first-order chi connectivity index (χ1) is 17.3. The summed E-state index contributed by atoms with van der Waals surface area (Å²) in [6.45, 7) is 6.70. The molecule has 1 atom stereocenters. The number of carbonyl (C=O) groups is 1. The van der Waals surface area contributed by atoms with Crippen LogP contribution >= 0.6 is 22.7 Å². The predicted molar refractivity (Wildman–Crippen MR) is 149 cm³/mol. The first-order valence-electron chi connectivity index (χ1n) is 12.2. The van der Waals surface area contributed by atoms with Crippen molar-refractivity contribution >= 4 is 53.8 Å². The van der Waals surface area contributed by atoms with E-state index in [0.717, 1.165) is 45.1 Å². The van der Waals surface area contributed by atoms with E-state index in [4.69, 9.17) is 4.98 Å². The largest absolute Gasteiger partial charge is 0.313 e. The lowest BCUT2D eigenvalue weighted by molar-refractivity contribution is 0.102. The van der Waals surface area contributed by atoms with Gasteiger partial charge in [0.05, 0.1) is 15.1 Å². The van der Waals surface area contributed by atoms with Gasteiger partial charge in [-0.1, -0.05) is 32.9 Å². The Balaban J connectivity index is 1.48. The first-order valence-corrected chi connectivity index (χ1v) is 15.3. The zero-order valence-corrected chi connectivity index (χ0v) is 23.0. The Bertz CT molecular complexity index is 1480. The molecule has 2 heterocycles. The zero-order valence-electron chi connectivity index (χ0n) is 20.6. The highest BCUT2D eigenvalue weighted by Gasteiger charge is 2.28. The lowest BCUT2D eigenvalue weighted by atomic mass is 9.88. The molecule has 0 bridgehead atoms. The van der Waals surface area contributed by atoms with Gasteiger partial charge in [0, 0.05) is 29.1 Å². The molecule has 9 heteroatoms. The molecule has 1 unspecified atom stereocenters. The second-order valence-corrected chi connectivity index (χ2v) is 13.2. The van der Waals surface area contributed by atoms with Crippen LogP contribution in [0.2, 0.25) is 0 Å². The standard InChI is InChI=1S/C27H29N3O3S3/c1-4-30(5-2)36(32,33)19-13-11-18(12-14-19)25(31)29-27-24(20-15-10-17(3)16-23(20)35-27)26-28-21-8-6-7-9-22(21)34-26/h6-9,11-14,17H,4-5,10,15-16H2,1-3H3,(H,29,31). The average Bonchev–Trinajstić information content (AvgIpc) is 3.44. The average molecular weight is 540 g/mol. The topological polar surface area (TPSA) is 79.4 Å². The number of thiazole rings is 1. The third-order valence-electron chi connectivity index (χ3n) is 6.71. The number of aromatic nitrogens is 1. The van der Waals surface area contributed by atoms with Gasteiger partial charge in [-0.15, -0.1) is 22.7 Å². The van der Waals surface area contributed by atoms with Crippen LogP contribution in [0.5, 0.6) is 0 Å². The molecule has 0 aliphatic heterocycles. The Morgan fingerprint density at radius 3 is 2.50 bits per heavy atom. The molecular weight excluding hydrogens is 511 g/mol. The number of sulfonamides is 1. The van der Waals surface area contributed by atoms with Crippen molar-refractivity contribution in [1.29, 1.82) is 0 Å². The van der Waals surface area contributed by atoms with E-state index in [2.05, 4.69) is 18.3 Å². The number of carbonyl (C=O) groups excluding carboxylic acids is 1. The number of nitrogens with zero attached hydrogens (tertiary/aromatic N) is 2. The molecule has 1 N–H and O–H groups in total. The Morgan fingerprint density at radius 1 is 1.08 bits per heavy atom. The van der Waals surface area contributed by atoms with Crippen LogP contribution in [0.4, 0.5) is 5.00 Å². The smallest absolute Gasteiger partial charge is 0.256 e. The molecule has 0 fully saturated rings. The highest BCUT2D eigenvalue weighted by atomic mass is 32.2. The third-order valence-corrected chi connectivity index (χ3v) is 11.0. The van der Waals surface area contributed by atoms with Gasteiger partial charge >= 0.3 is 0 Å². The van der Waals surface area contributed by atoms with Gasteiger partial charge in [0.1, 0.15) is 10.0 Å². The maximum absolute atomic E-state index is 13.3. The van der Waals surface area contributed by atoms with Crippen LogP contribution in [-0.2, 0) is 22.9 Å². The van der Waals surface area contributed by atoms with Crippen molar-refractivity contribution in [2.24, 2.45) is 5.92 Å². The van der Waals surface area contributed by atoms with Crippen molar-refractivity contribution in [1.82, 2.24) is 9.29 Å². The van der Waals surface area contributed by atoms with Crippen molar-refractivity contribution in [3.63, 3.8) is 0 Å². The molecule has 0 radical (unpaired) electrons. The fourth-order valence-electron chi connectivity index (χ4n) is 4.71. The fourth-order valence-corrected chi connectivity index (χ4v) is 8.68. The molecule has 1 aliphatic rings. The second kappa shape index (κ2) is 10.0. The van der Waals surface area contributed by atoms with E-state index in [1.54, 1.807) is 34.8 Å². The Kier molecular flexibility index (Phi) is 7.00. The zero-order chi connectivity index (χ0) is 25.4. The van der Waals surface area contributed by atoms with E-state index in [0.29, 0.717) is 24.6 Å². The SMILES string of the molecule is CCN(CC)S(=O)(=O)c1ccc(C(=O)Nc2sc3c(c2-c2nc4ccccc4s2)CCC(C)C3)cc1. The number of benzene rings is 2. The number of fused-ring (bicyclic) bond motifs is 2. The summed E-state index contributed by atoms with van der Waals surface area (Å²) in [7, 11) is -3.57. The van der Waals surface area contributed by atoms with Crippen LogP contribution in [0.3, 0.4) is 0 Å². The van der Waals surface area contributed by atoms with Crippen molar-refractivity contribution < 1.29 is 13.2 Å². The number of thiophene rings is 1.